The van der Waals surface area contributed by atoms with Crippen LogP contribution in [0, 0.1) is 0 Å². The van der Waals surface area contributed by atoms with E-state index in [9.17, 15) is 37.7 Å². The number of carbonyl (C=O) groups is 1. The van der Waals surface area contributed by atoms with Crippen molar-refractivity contribution in [3.8, 4) is 11.4 Å². The average molecular weight is 674 g/mol. The zero-order valence-electron chi connectivity index (χ0n) is 24.4. The number of pyridine rings is 2. The number of aromatic nitrogens is 4. The van der Waals surface area contributed by atoms with Gasteiger partial charge in [-0.25, -0.2) is 19.1 Å². The Kier molecular flexibility index (Phi) is 7.20. The molecule has 18 heteroatoms. The predicted molar refractivity (Wildman–Crippen MR) is 157 cm³/mol. The van der Waals surface area contributed by atoms with Gasteiger partial charge in [-0.2, -0.15) is 13.8 Å². The third kappa shape index (κ3) is 4.89. The zero-order chi connectivity index (χ0) is 33.5. The second-order valence-electron chi connectivity index (χ2n) is 11.3. The van der Waals surface area contributed by atoms with Crippen LogP contribution in [0.3, 0.4) is 0 Å². The number of nitrogens with two attached hydrogens (primary N) is 1. The largest absolute Gasteiger partial charge is 0.473 e. The molecule has 0 bridgehead atoms. The lowest BCUT2D eigenvalue weighted by Crippen LogP contribution is -2.46. The number of hydrogen-bond acceptors (Lipinski definition) is 12. The van der Waals surface area contributed by atoms with Crippen molar-refractivity contribution in [2.24, 2.45) is 0 Å². The number of aliphatic hydroxyl groups is 1. The Morgan fingerprint density at radius 1 is 1.17 bits per heavy atom. The summed E-state index contributed by atoms with van der Waals surface area (Å²) in [7, 11) is -5.36. The van der Waals surface area contributed by atoms with E-state index in [-0.39, 0.29) is 29.9 Å². The van der Waals surface area contributed by atoms with Gasteiger partial charge in [0.2, 0.25) is 11.8 Å². The summed E-state index contributed by atoms with van der Waals surface area (Å²) < 4.78 is 66.0. The van der Waals surface area contributed by atoms with Crippen LogP contribution in [0.25, 0.3) is 22.3 Å². The number of benzene rings is 1. The van der Waals surface area contributed by atoms with Gasteiger partial charge in [0.1, 0.15) is 18.5 Å². The molecule has 0 amide bonds. The summed E-state index contributed by atoms with van der Waals surface area (Å²) in [5.74, 6) is -5.38. The molecule has 4 aromatic rings. The fourth-order valence-electron chi connectivity index (χ4n) is 6.17. The maximum absolute atomic E-state index is 15.0. The average Bonchev–Trinajstić information content (AvgIpc) is 3.49. The monoisotopic (exact) mass is 673 g/mol. The van der Waals surface area contributed by atoms with Gasteiger partial charge in [-0.1, -0.05) is 25.1 Å². The highest BCUT2D eigenvalue weighted by molar-refractivity contribution is 7.47. The topological polar surface area (TPSA) is 207 Å². The Bertz CT molecular complexity index is 2140. The number of phosphoric acid groups is 1. The lowest BCUT2D eigenvalue weighted by atomic mass is 9.86. The molecule has 6 heterocycles. The molecule has 7 rings (SSSR count). The number of carbonyl (C=O) groups excluding carboxylic acids is 1. The van der Waals surface area contributed by atoms with Crippen LogP contribution in [-0.2, 0) is 46.6 Å². The standard InChI is InChI=1S/C29H26F2N5O10P/c1-2-28(46-47(41,42)44-13-20-23(37)29(30,31)25(45-20)35-8-7-21(32)34-27(35)40)17-10-19-22-15(9-14-5-3-4-6-18(14)33-22)11-36(19)24(38)16(17)12-43-26(28)39/h3-10,20,23,25,37H,2,11-13H2,1H3,(H,41,42)(H2,32,34,40). The van der Waals surface area contributed by atoms with Crippen molar-refractivity contribution >= 4 is 30.5 Å². The molecular weight excluding hydrogens is 647 g/mol. The molecule has 3 aliphatic heterocycles. The van der Waals surface area contributed by atoms with Gasteiger partial charge >= 0.3 is 25.4 Å². The number of rotatable bonds is 7. The summed E-state index contributed by atoms with van der Waals surface area (Å²) in [6, 6.07) is 11.8. The lowest BCUT2D eigenvalue weighted by molar-refractivity contribution is -0.171. The highest BCUT2D eigenvalue weighted by Gasteiger charge is 2.60. The first kappa shape index (κ1) is 31.2. The van der Waals surface area contributed by atoms with Gasteiger partial charge in [-0.3, -0.25) is 18.4 Å². The summed E-state index contributed by atoms with van der Waals surface area (Å²) in [5.41, 5.74) is 3.59. The van der Waals surface area contributed by atoms with Crippen molar-refractivity contribution in [2.75, 3.05) is 12.3 Å². The van der Waals surface area contributed by atoms with E-state index < -0.39 is 68.2 Å². The number of fused-ring (bicyclic) bond motifs is 5. The maximum Gasteiger partial charge on any atom is 0.473 e. The summed E-state index contributed by atoms with van der Waals surface area (Å²) in [5, 5.41) is 11.2. The fraction of sp³-hybridized carbons (Fsp3) is 0.345. The second kappa shape index (κ2) is 10.8. The molecule has 15 nitrogen and oxygen atoms in total. The minimum Gasteiger partial charge on any atom is -0.458 e. The first-order chi connectivity index (χ1) is 22.3. The highest BCUT2D eigenvalue weighted by atomic mass is 31.2. The number of phosphoric ester groups is 1. The highest BCUT2D eigenvalue weighted by Crippen LogP contribution is 2.54. The fourth-order valence-corrected chi connectivity index (χ4v) is 7.25. The molecule has 4 N–H and O–H groups in total. The van der Waals surface area contributed by atoms with Crippen molar-refractivity contribution in [3.63, 3.8) is 0 Å². The first-order valence-electron chi connectivity index (χ1n) is 14.3. The normalized spacial score (nSPS) is 25.6. The Labute approximate surface area is 262 Å². The van der Waals surface area contributed by atoms with Crippen molar-refractivity contribution in [3.05, 3.63) is 86.2 Å². The van der Waals surface area contributed by atoms with Crippen LogP contribution in [0.15, 0.2) is 58.3 Å². The number of nitrogen functional groups attached to an aromatic ring is 1. The second-order valence-corrected chi connectivity index (χ2v) is 12.7. The third-order valence-corrected chi connectivity index (χ3v) is 9.56. The Morgan fingerprint density at radius 2 is 1.94 bits per heavy atom. The smallest absolute Gasteiger partial charge is 0.458 e. The van der Waals surface area contributed by atoms with E-state index >= 15 is 0 Å². The van der Waals surface area contributed by atoms with Crippen LogP contribution in [0.5, 0.6) is 0 Å². The molecule has 1 saturated heterocycles. The zero-order valence-corrected chi connectivity index (χ0v) is 25.3. The van der Waals surface area contributed by atoms with Crippen molar-refractivity contribution in [2.45, 2.75) is 56.5 Å². The summed E-state index contributed by atoms with van der Waals surface area (Å²) in [4.78, 5) is 58.0. The van der Waals surface area contributed by atoms with Gasteiger partial charge in [0.25, 0.3) is 5.56 Å². The number of aliphatic hydroxyl groups excluding tert-OH is 1. The number of hydrogen-bond donors (Lipinski definition) is 3. The molecule has 5 unspecified atom stereocenters. The van der Waals surface area contributed by atoms with Crippen LogP contribution in [-0.4, -0.2) is 59.8 Å². The van der Waals surface area contributed by atoms with Crippen LogP contribution < -0.4 is 17.0 Å². The van der Waals surface area contributed by atoms with Gasteiger partial charge in [-0.15, -0.1) is 0 Å². The van der Waals surface area contributed by atoms with Crippen LogP contribution in [0.4, 0.5) is 14.6 Å². The number of para-hydroxylation sites is 1. The molecule has 0 saturated carbocycles. The van der Waals surface area contributed by atoms with Crippen LogP contribution in [0.1, 0.15) is 36.3 Å². The van der Waals surface area contributed by atoms with Gasteiger partial charge < -0.3 is 29.8 Å². The van der Waals surface area contributed by atoms with Crippen molar-refractivity contribution in [1.82, 2.24) is 19.1 Å². The number of cyclic esters (lactones) is 1. The van der Waals surface area contributed by atoms with E-state index in [1.807, 2.05) is 24.3 Å². The minimum atomic E-state index is -5.36. The van der Waals surface area contributed by atoms with E-state index in [0.717, 1.165) is 23.2 Å². The van der Waals surface area contributed by atoms with Gasteiger partial charge in [0.15, 0.2) is 6.10 Å². The SMILES string of the molecule is CCC1(OP(=O)(O)OCC2OC(n3ccc(N)nc3=O)C(F)(F)C2O)C(=O)OCc2c1cc1n(c2=O)Cc2cc3ccccc3nc2-1. The van der Waals surface area contributed by atoms with Gasteiger partial charge in [-0.05, 0) is 30.7 Å². The quantitative estimate of drug-likeness (QED) is 0.167. The number of halogens is 2. The number of esters is 1. The van der Waals surface area contributed by atoms with E-state index in [0.29, 0.717) is 21.5 Å². The molecule has 47 heavy (non-hydrogen) atoms. The lowest BCUT2D eigenvalue weighted by Gasteiger charge is -2.36. The number of anilines is 1. The molecule has 0 spiro atoms. The van der Waals surface area contributed by atoms with E-state index in [1.54, 1.807) is 6.07 Å². The molecule has 1 fully saturated rings. The third-order valence-electron chi connectivity index (χ3n) is 8.54. The van der Waals surface area contributed by atoms with Crippen molar-refractivity contribution < 1.29 is 46.7 Å². The maximum atomic E-state index is 15.0. The Morgan fingerprint density at radius 3 is 2.68 bits per heavy atom. The Balaban J connectivity index is 1.19. The molecule has 0 radical (unpaired) electrons. The number of nitrogens with zero attached hydrogens (tertiary/aromatic N) is 4. The number of ether oxygens (including phenoxy) is 2. The Hall–Kier alpha value is -4.38. The van der Waals surface area contributed by atoms with Crippen LogP contribution >= 0.6 is 7.82 Å². The van der Waals surface area contributed by atoms with Gasteiger partial charge in [0, 0.05) is 22.7 Å². The summed E-state index contributed by atoms with van der Waals surface area (Å²) >= 11 is 0. The van der Waals surface area contributed by atoms with Crippen molar-refractivity contribution in [1.29, 1.82) is 0 Å². The molecule has 5 atom stereocenters. The molecule has 1 aromatic carbocycles. The van der Waals surface area contributed by atoms with E-state index in [2.05, 4.69) is 4.98 Å². The molecule has 0 aliphatic carbocycles. The van der Waals surface area contributed by atoms with E-state index in [1.165, 1.54) is 17.6 Å². The summed E-state index contributed by atoms with van der Waals surface area (Å²) in [6.07, 6.45) is -6.28. The molecular formula is C29H26F2N5O10P. The molecule has 3 aliphatic rings. The minimum absolute atomic E-state index is 0.00661. The molecule has 3 aromatic heterocycles. The summed E-state index contributed by atoms with van der Waals surface area (Å²) in [6.45, 7) is 0.0854. The predicted octanol–water partition coefficient (Wildman–Crippen LogP) is 1.95. The van der Waals surface area contributed by atoms with Gasteiger partial charge in [0.05, 0.1) is 35.6 Å². The van der Waals surface area contributed by atoms with E-state index in [4.69, 9.17) is 29.2 Å². The first-order valence-corrected chi connectivity index (χ1v) is 15.8. The molecule has 246 valence electrons. The van der Waals surface area contributed by atoms with Crippen LogP contribution in [0.2, 0.25) is 0 Å². The number of alkyl halides is 2.